The van der Waals surface area contributed by atoms with Crippen molar-refractivity contribution in [1.29, 1.82) is 0 Å². The molecule has 1 heteroatoms. The molecule has 4 rings (SSSR count). The maximum Gasteiger partial charge on any atom is 0.0146 e. The number of rotatable bonds is 1. The van der Waals surface area contributed by atoms with Gasteiger partial charge in [-0.25, -0.2) is 0 Å². The molecule has 0 aliphatic heterocycles. The van der Waals surface area contributed by atoms with Gasteiger partial charge in [0.2, 0.25) is 0 Å². The van der Waals surface area contributed by atoms with Crippen LogP contribution in [-0.2, 0) is 0 Å². The molecule has 8 atom stereocenters. The molecule has 0 aromatic carbocycles. The SMILES string of the molecule is CC.CNC1C(C)CC2C3CC=C4CC(C)CCC4(C)C3CCC21C. The lowest BCUT2D eigenvalue weighted by molar-refractivity contribution is -0.0360. The lowest BCUT2D eigenvalue weighted by Crippen LogP contribution is -2.53. The monoisotopic (exact) mass is 345 g/mol. The molecule has 0 heterocycles. The molecule has 0 saturated heterocycles. The Labute approximate surface area is 157 Å². The Balaban J connectivity index is 0.000000880. The summed E-state index contributed by atoms with van der Waals surface area (Å²) >= 11 is 0. The van der Waals surface area contributed by atoms with E-state index in [1.54, 1.807) is 0 Å². The molecule has 0 aromatic heterocycles. The van der Waals surface area contributed by atoms with Crippen molar-refractivity contribution in [3.05, 3.63) is 11.6 Å². The zero-order valence-electron chi connectivity index (χ0n) is 18.0. The van der Waals surface area contributed by atoms with Crippen LogP contribution in [-0.4, -0.2) is 13.1 Å². The van der Waals surface area contributed by atoms with Crippen LogP contribution in [0.5, 0.6) is 0 Å². The van der Waals surface area contributed by atoms with Crippen LogP contribution >= 0.6 is 0 Å². The molecular formula is C24H43N. The third-order valence-electron chi connectivity index (χ3n) is 9.00. The van der Waals surface area contributed by atoms with Crippen LogP contribution in [0.15, 0.2) is 11.6 Å². The van der Waals surface area contributed by atoms with Crippen LogP contribution in [0.2, 0.25) is 0 Å². The predicted molar refractivity (Wildman–Crippen MR) is 110 cm³/mol. The lowest BCUT2D eigenvalue weighted by atomic mass is 9.47. The highest BCUT2D eigenvalue weighted by atomic mass is 14.9. The van der Waals surface area contributed by atoms with E-state index < -0.39 is 0 Å². The maximum atomic E-state index is 3.71. The molecule has 8 unspecified atom stereocenters. The summed E-state index contributed by atoms with van der Waals surface area (Å²) in [4.78, 5) is 0. The molecule has 3 fully saturated rings. The Hall–Kier alpha value is -0.300. The van der Waals surface area contributed by atoms with Gasteiger partial charge in [-0.05, 0) is 92.4 Å². The summed E-state index contributed by atoms with van der Waals surface area (Å²) in [5, 5.41) is 3.71. The molecule has 0 radical (unpaired) electrons. The highest BCUT2D eigenvalue weighted by Gasteiger charge is 2.59. The smallest absolute Gasteiger partial charge is 0.0146 e. The van der Waals surface area contributed by atoms with E-state index in [1.807, 2.05) is 19.4 Å². The maximum absolute atomic E-state index is 3.71. The largest absolute Gasteiger partial charge is 0.316 e. The standard InChI is InChI=1S/C22H37N.C2H6/c1-14-8-10-21(3)16(12-14)6-7-17-18(21)9-11-22(4)19(17)13-15(2)20(22)23-5;1-2/h6,14-15,17-20,23H,7-13H2,1-5H3;1-2H3. The number of fused-ring (bicyclic) bond motifs is 5. The average molecular weight is 346 g/mol. The highest BCUT2D eigenvalue weighted by molar-refractivity contribution is 5.25. The minimum atomic E-state index is 0.539. The van der Waals surface area contributed by atoms with Gasteiger partial charge in [-0.2, -0.15) is 0 Å². The first-order valence-corrected chi connectivity index (χ1v) is 11.3. The van der Waals surface area contributed by atoms with Gasteiger partial charge in [-0.3, -0.25) is 0 Å². The van der Waals surface area contributed by atoms with Crippen molar-refractivity contribution in [1.82, 2.24) is 5.32 Å². The zero-order chi connectivity index (χ0) is 18.4. The van der Waals surface area contributed by atoms with Crippen LogP contribution in [0, 0.1) is 40.4 Å². The third kappa shape index (κ3) is 2.84. The first-order chi connectivity index (χ1) is 11.9. The molecule has 4 aliphatic rings. The fraction of sp³-hybridized carbons (Fsp3) is 0.917. The fourth-order valence-electron chi connectivity index (χ4n) is 7.82. The molecule has 25 heavy (non-hydrogen) atoms. The number of hydrogen-bond acceptors (Lipinski definition) is 1. The number of nitrogens with one attached hydrogen (secondary N) is 1. The van der Waals surface area contributed by atoms with Gasteiger partial charge in [-0.15, -0.1) is 0 Å². The van der Waals surface area contributed by atoms with Gasteiger partial charge in [0, 0.05) is 6.04 Å². The molecule has 4 aliphatic carbocycles. The Morgan fingerprint density at radius 2 is 1.76 bits per heavy atom. The average Bonchev–Trinajstić information content (AvgIpc) is 2.87. The van der Waals surface area contributed by atoms with Crippen molar-refractivity contribution in [2.24, 2.45) is 40.4 Å². The van der Waals surface area contributed by atoms with Crippen molar-refractivity contribution in [3.8, 4) is 0 Å². The Bertz CT molecular complexity index is 508. The van der Waals surface area contributed by atoms with Crippen molar-refractivity contribution in [3.63, 3.8) is 0 Å². The normalized spacial score (nSPS) is 51.4. The second-order valence-electron chi connectivity index (χ2n) is 10.1. The van der Waals surface area contributed by atoms with Crippen molar-refractivity contribution in [2.75, 3.05) is 7.05 Å². The van der Waals surface area contributed by atoms with Crippen LogP contribution in [0.1, 0.15) is 86.5 Å². The van der Waals surface area contributed by atoms with E-state index in [0.29, 0.717) is 10.8 Å². The van der Waals surface area contributed by atoms with Crippen molar-refractivity contribution >= 4 is 0 Å². The molecule has 1 N–H and O–H groups in total. The second kappa shape index (κ2) is 7.02. The van der Waals surface area contributed by atoms with Gasteiger partial charge in [-0.1, -0.05) is 53.2 Å². The van der Waals surface area contributed by atoms with E-state index in [9.17, 15) is 0 Å². The van der Waals surface area contributed by atoms with Crippen molar-refractivity contribution < 1.29 is 0 Å². The zero-order valence-corrected chi connectivity index (χ0v) is 18.0. The summed E-state index contributed by atoms with van der Waals surface area (Å²) in [5.74, 6) is 4.63. The van der Waals surface area contributed by atoms with Crippen LogP contribution in [0.3, 0.4) is 0 Å². The summed E-state index contributed by atoms with van der Waals surface area (Å²) in [6, 6.07) is 0.734. The number of hydrogen-bond donors (Lipinski definition) is 1. The second-order valence-corrected chi connectivity index (χ2v) is 10.1. The molecule has 0 aromatic rings. The van der Waals surface area contributed by atoms with Gasteiger partial charge in [0.05, 0.1) is 0 Å². The minimum Gasteiger partial charge on any atom is -0.316 e. The summed E-state index contributed by atoms with van der Waals surface area (Å²) in [5.41, 5.74) is 2.92. The van der Waals surface area contributed by atoms with Crippen LogP contribution in [0.25, 0.3) is 0 Å². The first-order valence-electron chi connectivity index (χ1n) is 11.3. The predicted octanol–water partition coefficient (Wildman–Crippen LogP) is 6.45. The Morgan fingerprint density at radius 1 is 1.04 bits per heavy atom. The molecule has 0 bridgehead atoms. The van der Waals surface area contributed by atoms with E-state index in [2.05, 4.69) is 46.1 Å². The van der Waals surface area contributed by atoms with Gasteiger partial charge in [0.25, 0.3) is 0 Å². The fourth-order valence-corrected chi connectivity index (χ4v) is 7.82. The van der Waals surface area contributed by atoms with Crippen molar-refractivity contribution in [2.45, 2.75) is 92.5 Å². The lowest BCUT2D eigenvalue weighted by Gasteiger charge is -2.58. The summed E-state index contributed by atoms with van der Waals surface area (Å²) in [6.07, 6.45) is 12.8. The van der Waals surface area contributed by atoms with Gasteiger partial charge in [0.1, 0.15) is 0 Å². The summed E-state index contributed by atoms with van der Waals surface area (Å²) < 4.78 is 0. The Kier molecular flexibility index (Phi) is 5.47. The minimum absolute atomic E-state index is 0.539. The molecule has 0 spiro atoms. The van der Waals surface area contributed by atoms with E-state index >= 15 is 0 Å². The van der Waals surface area contributed by atoms with E-state index in [-0.39, 0.29) is 0 Å². The Morgan fingerprint density at radius 3 is 2.44 bits per heavy atom. The molecule has 144 valence electrons. The number of allylic oxidation sites excluding steroid dienone is 2. The third-order valence-corrected chi connectivity index (χ3v) is 9.00. The van der Waals surface area contributed by atoms with Gasteiger partial charge >= 0.3 is 0 Å². The van der Waals surface area contributed by atoms with E-state index in [1.165, 1.54) is 44.9 Å². The van der Waals surface area contributed by atoms with E-state index in [4.69, 9.17) is 0 Å². The topological polar surface area (TPSA) is 12.0 Å². The molecule has 0 amide bonds. The highest BCUT2D eigenvalue weighted by Crippen LogP contribution is 2.65. The molecular weight excluding hydrogens is 302 g/mol. The quantitative estimate of drug-likeness (QED) is 0.539. The molecule has 1 nitrogen and oxygen atoms in total. The summed E-state index contributed by atoms with van der Waals surface area (Å²) in [6.45, 7) is 14.2. The molecule has 3 saturated carbocycles. The van der Waals surface area contributed by atoms with Crippen LogP contribution < -0.4 is 5.32 Å². The van der Waals surface area contributed by atoms with Gasteiger partial charge in [0.15, 0.2) is 0 Å². The summed E-state index contributed by atoms with van der Waals surface area (Å²) in [7, 11) is 2.20. The van der Waals surface area contributed by atoms with E-state index in [0.717, 1.165) is 35.6 Å². The van der Waals surface area contributed by atoms with Crippen LogP contribution in [0.4, 0.5) is 0 Å². The van der Waals surface area contributed by atoms with Gasteiger partial charge < -0.3 is 5.32 Å². The first kappa shape index (κ1) is 19.5.